The molecule has 2 aromatic rings. The molecule has 1 N–H and O–H groups in total. The van der Waals surface area contributed by atoms with Gasteiger partial charge in [-0.05, 0) is 61.1 Å². The predicted octanol–water partition coefficient (Wildman–Crippen LogP) is 4.94. The SMILES string of the molecule is C=CC(=O)OCCCCCCOc1ccc(C(OO)c2ccc(OC)cc2)cc1. The van der Waals surface area contributed by atoms with Gasteiger partial charge in [0.25, 0.3) is 0 Å². The smallest absolute Gasteiger partial charge is 0.330 e. The van der Waals surface area contributed by atoms with Gasteiger partial charge < -0.3 is 14.2 Å². The maximum atomic E-state index is 10.9. The highest BCUT2D eigenvalue weighted by molar-refractivity contribution is 5.81. The Morgan fingerprint density at radius 2 is 1.48 bits per heavy atom. The van der Waals surface area contributed by atoms with Gasteiger partial charge in [-0.2, -0.15) is 0 Å². The van der Waals surface area contributed by atoms with Gasteiger partial charge in [-0.1, -0.05) is 30.8 Å². The third-order valence-electron chi connectivity index (χ3n) is 4.43. The van der Waals surface area contributed by atoms with Crippen molar-refractivity contribution in [3.8, 4) is 11.5 Å². The number of benzene rings is 2. The summed E-state index contributed by atoms with van der Waals surface area (Å²) in [6, 6.07) is 14.8. The minimum atomic E-state index is -0.579. The second-order valence-electron chi connectivity index (χ2n) is 6.46. The van der Waals surface area contributed by atoms with Crippen LogP contribution in [0.3, 0.4) is 0 Å². The highest BCUT2D eigenvalue weighted by Gasteiger charge is 2.15. The number of rotatable bonds is 13. The van der Waals surface area contributed by atoms with E-state index in [1.54, 1.807) is 7.11 Å². The molecule has 0 aliphatic carbocycles. The van der Waals surface area contributed by atoms with Crippen molar-refractivity contribution in [3.63, 3.8) is 0 Å². The summed E-state index contributed by atoms with van der Waals surface area (Å²) in [5, 5.41) is 9.34. The Balaban J connectivity index is 1.73. The Bertz CT molecular complexity index is 739. The maximum Gasteiger partial charge on any atom is 0.330 e. The molecule has 0 heterocycles. The van der Waals surface area contributed by atoms with Crippen molar-refractivity contribution < 1.29 is 29.1 Å². The minimum absolute atomic E-state index is 0.377. The zero-order valence-corrected chi connectivity index (χ0v) is 16.7. The maximum absolute atomic E-state index is 10.9. The summed E-state index contributed by atoms with van der Waals surface area (Å²) < 4.78 is 15.8. The number of hydrogen-bond acceptors (Lipinski definition) is 6. The Hall–Kier alpha value is -2.83. The third-order valence-corrected chi connectivity index (χ3v) is 4.43. The molecule has 6 nitrogen and oxygen atoms in total. The first-order chi connectivity index (χ1) is 14.2. The van der Waals surface area contributed by atoms with Gasteiger partial charge in [-0.15, -0.1) is 0 Å². The van der Waals surface area contributed by atoms with Gasteiger partial charge in [-0.25, -0.2) is 9.68 Å². The number of methoxy groups -OCH3 is 1. The van der Waals surface area contributed by atoms with Crippen molar-refractivity contribution in [1.29, 1.82) is 0 Å². The summed E-state index contributed by atoms with van der Waals surface area (Å²) in [7, 11) is 1.61. The molecule has 0 radical (unpaired) electrons. The largest absolute Gasteiger partial charge is 0.497 e. The Kier molecular flexibility index (Phi) is 9.75. The van der Waals surface area contributed by atoms with Gasteiger partial charge in [0.05, 0.1) is 20.3 Å². The van der Waals surface area contributed by atoms with Gasteiger partial charge in [-0.3, -0.25) is 5.26 Å². The molecular weight excluding hydrogens is 372 g/mol. The third kappa shape index (κ3) is 7.60. The molecule has 1 unspecified atom stereocenters. The van der Waals surface area contributed by atoms with E-state index >= 15 is 0 Å². The molecule has 2 aromatic carbocycles. The summed E-state index contributed by atoms with van der Waals surface area (Å²) in [5.74, 6) is 1.13. The zero-order chi connectivity index (χ0) is 20.9. The molecule has 156 valence electrons. The van der Waals surface area contributed by atoms with Crippen LogP contribution in [0.4, 0.5) is 0 Å². The summed E-state index contributed by atoms with van der Waals surface area (Å²) in [4.78, 5) is 15.6. The van der Waals surface area contributed by atoms with Gasteiger partial charge in [0.2, 0.25) is 0 Å². The lowest BCUT2D eigenvalue weighted by Crippen LogP contribution is -2.04. The van der Waals surface area contributed by atoms with Crippen LogP contribution in [0.1, 0.15) is 42.9 Å². The fourth-order valence-electron chi connectivity index (χ4n) is 2.81. The number of carbonyl (C=O) groups excluding carboxylic acids is 1. The number of carbonyl (C=O) groups is 1. The quantitative estimate of drug-likeness (QED) is 0.169. The van der Waals surface area contributed by atoms with E-state index in [1.165, 1.54) is 6.08 Å². The predicted molar refractivity (Wildman–Crippen MR) is 110 cm³/mol. The standard InChI is InChI=1S/C23H28O6/c1-3-22(24)28-17-7-5-4-6-16-27-21-14-10-19(11-15-21)23(29-25)18-8-12-20(26-2)13-9-18/h3,8-15,23,25H,1,4-7,16-17H2,2H3. The lowest BCUT2D eigenvalue weighted by Gasteiger charge is -2.15. The highest BCUT2D eigenvalue weighted by Crippen LogP contribution is 2.28. The Morgan fingerprint density at radius 1 is 0.931 bits per heavy atom. The number of unbranched alkanes of at least 4 members (excludes halogenated alkanes) is 3. The van der Waals surface area contributed by atoms with Crippen molar-refractivity contribution in [2.75, 3.05) is 20.3 Å². The fourth-order valence-corrected chi connectivity index (χ4v) is 2.81. The number of esters is 1. The Labute approximate surface area is 171 Å². The van der Waals surface area contributed by atoms with Crippen LogP contribution < -0.4 is 9.47 Å². The molecule has 0 saturated heterocycles. The Morgan fingerprint density at radius 3 is 2.00 bits per heavy atom. The molecule has 0 spiro atoms. The molecule has 2 rings (SSSR count). The minimum Gasteiger partial charge on any atom is -0.497 e. The summed E-state index contributed by atoms with van der Waals surface area (Å²) >= 11 is 0. The van der Waals surface area contributed by atoms with Crippen molar-refractivity contribution in [2.45, 2.75) is 31.8 Å². The fraction of sp³-hybridized carbons (Fsp3) is 0.348. The topological polar surface area (TPSA) is 74.2 Å². The van der Waals surface area contributed by atoms with Gasteiger partial charge in [0, 0.05) is 6.08 Å². The molecular formula is C23H28O6. The van der Waals surface area contributed by atoms with Crippen LogP contribution in [0.5, 0.6) is 11.5 Å². The second kappa shape index (κ2) is 12.6. The van der Waals surface area contributed by atoms with Gasteiger partial charge in [0.1, 0.15) is 17.6 Å². The van der Waals surface area contributed by atoms with Crippen LogP contribution in [0.25, 0.3) is 0 Å². The second-order valence-corrected chi connectivity index (χ2v) is 6.46. The lowest BCUT2D eigenvalue weighted by atomic mass is 10.0. The van der Waals surface area contributed by atoms with Crippen LogP contribution in [0.2, 0.25) is 0 Å². The van der Waals surface area contributed by atoms with E-state index in [-0.39, 0.29) is 5.97 Å². The van der Waals surface area contributed by atoms with Crippen LogP contribution in [-0.4, -0.2) is 31.6 Å². The lowest BCUT2D eigenvalue weighted by molar-refractivity contribution is -0.270. The van der Waals surface area contributed by atoms with E-state index in [1.807, 2.05) is 48.5 Å². The van der Waals surface area contributed by atoms with E-state index in [2.05, 4.69) is 11.5 Å². The molecule has 0 aliphatic heterocycles. The van der Waals surface area contributed by atoms with Crippen LogP contribution in [-0.2, 0) is 14.4 Å². The molecule has 0 amide bonds. The molecule has 0 fully saturated rings. The number of ether oxygens (including phenoxy) is 3. The first-order valence-corrected chi connectivity index (χ1v) is 9.64. The van der Waals surface area contributed by atoms with Crippen molar-refractivity contribution in [1.82, 2.24) is 0 Å². The van der Waals surface area contributed by atoms with E-state index < -0.39 is 6.10 Å². The monoisotopic (exact) mass is 400 g/mol. The molecule has 29 heavy (non-hydrogen) atoms. The summed E-state index contributed by atoms with van der Waals surface area (Å²) in [6.07, 6.45) is 4.33. The number of hydrogen-bond donors (Lipinski definition) is 1. The molecule has 0 saturated carbocycles. The summed E-state index contributed by atoms with van der Waals surface area (Å²) in [5.41, 5.74) is 1.64. The zero-order valence-electron chi connectivity index (χ0n) is 16.7. The molecule has 0 aliphatic rings. The molecule has 0 aromatic heterocycles. The van der Waals surface area contributed by atoms with Crippen LogP contribution in [0, 0.1) is 0 Å². The van der Waals surface area contributed by atoms with E-state index in [0.29, 0.717) is 13.2 Å². The highest BCUT2D eigenvalue weighted by atomic mass is 17.1. The van der Waals surface area contributed by atoms with Gasteiger partial charge in [0.15, 0.2) is 0 Å². The van der Waals surface area contributed by atoms with Crippen molar-refractivity contribution in [3.05, 3.63) is 72.3 Å². The van der Waals surface area contributed by atoms with Gasteiger partial charge >= 0.3 is 5.97 Å². The van der Waals surface area contributed by atoms with Crippen molar-refractivity contribution in [2.24, 2.45) is 0 Å². The normalized spacial score (nSPS) is 11.5. The average molecular weight is 400 g/mol. The van der Waals surface area contributed by atoms with Crippen LogP contribution in [0.15, 0.2) is 61.2 Å². The first-order valence-electron chi connectivity index (χ1n) is 9.64. The van der Waals surface area contributed by atoms with Crippen molar-refractivity contribution >= 4 is 5.97 Å². The molecule has 6 heteroatoms. The first kappa shape index (κ1) is 22.5. The van der Waals surface area contributed by atoms with E-state index in [9.17, 15) is 10.1 Å². The molecule has 0 bridgehead atoms. The van der Waals surface area contributed by atoms with E-state index in [4.69, 9.17) is 14.2 Å². The summed E-state index contributed by atoms with van der Waals surface area (Å²) in [6.45, 7) is 4.40. The van der Waals surface area contributed by atoms with Crippen LogP contribution >= 0.6 is 0 Å². The van der Waals surface area contributed by atoms with E-state index in [0.717, 1.165) is 48.3 Å². The average Bonchev–Trinajstić information content (AvgIpc) is 2.77. The molecule has 1 atom stereocenters.